The first kappa shape index (κ1) is 19.6. The fraction of sp³-hybridized carbons (Fsp3) is 0.250. The van der Waals surface area contributed by atoms with Gasteiger partial charge in [-0.25, -0.2) is 0 Å². The van der Waals surface area contributed by atoms with Crippen LogP contribution in [0.2, 0.25) is 5.02 Å². The molecule has 0 saturated heterocycles. The average molecular weight is 410 g/mol. The van der Waals surface area contributed by atoms with Gasteiger partial charge in [-0.1, -0.05) is 41.9 Å². The molecule has 0 bridgehead atoms. The number of fused-ring (bicyclic) bond motifs is 1. The number of halogens is 1. The number of hydrogen-bond acceptors (Lipinski definition) is 4. The lowest BCUT2D eigenvalue weighted by Gasteiger charge is -2.29. The van der Waals surface area contributed by atoms with Crippen molar-refractivity contribution in [1.82, 2.24) is 5.32 Å². The Labute approximate surface area is 176 Å². The van der Waals surface area contributed by atoms with Crippen molar-refractivity contribution < 1.29 is 14.2 Å². The summed E-state index contributed by atoms with van der Waals surface area (Å²) in [5, 5.41) is 4.35. The number of hydrogen-bond donors (Lipinski definition) is 1. The van der Waals surface area contributed by atoms with E-state index in [2.05, 4.69) is 23.5 Å². The van der Waals surface area contributed by atoms with Gasteiger partial charge >= 0.3 is 0 Å². The van der Waals surface area contributed by atoms with E-state index in [1.807, 2.05) is 42.5 Å². The molecule has 0 saturated carbocycles. The molecule has 3 aromatic carbocycles. The molecule has 0 amide bonds. The van der Waals surface area contributed by atoms with Gasteiger partial charge in [-0.05, 0) is 53.4 Å². The Morgan fingerprint density at radius 3 is 2.59 bits per heavy atom. The van der Waals surface area contributed by atoms with E-state index in [0.29, 0.717) is 6.61 Å². The van der Waals surface area contributed by atoms with Crippen LogP contribution in [0.4, 0.5) is 0 Å². The molecule has 1 unspecified atom stereocenters. The normalized spacial score (nSPS) is 15.5. The molecule has 1 N–H and O–H groups in total. The van der Waals surface area contributed by atoms with Gasteiger partial charge in [0.1, 0.15) is 12.4 Å². The highest BCUT2D eigenvalue weighted by atomic mass is 35.5. The fourth-order valence-corrected chi connectivity index (χ4v) is 3.94. The molecular formula is C24H24ClNO3. The van der Waals surface area contributed by atoms with Crippen LogP contribution in [-0.4, -0.2) is 20.8 Å². The summed E-state index contributed by atoms with van der Waals surface area (Å²) >= 11 is 5.95. The third-order valence-electron chi connectivity index (χ3n) is 5.23. The van der Waals surface area contributed by atoms with E-state index < -0.39 is 0 Å². The van der Waals surface area contributed by atoms with Gasteiger partial charge in [0.05, 0.1) is 20.3 Å². The molecule has 4 nitrogen and oxygen atoms in total. The summed E-state index contributed by atoms with van der Waals surface area (Å²) in [6.07, 6.45) is 0.902. The Morgan fingerprint density at radius 2 is 1.83 bits per heavy atom. The standard InChI is InChI=1S/C24H24ClNO3/c1-27-22-11-10-20-21(24(22)28-2)12-13-26-23(20)17-4-3-5-19(14-17)29-15-16-6-8-18(25)9-7-16/h3-11,14,23,26H,12-13,15H2,1-2H3. The third kappa shape index (κ3) is 4.19. The zero-order valence-corrected chi connectivity index (χ0v) is 17.3. The van der Waals surface area contributed by atoms with Gasteiger partial charge in [0.15, 0.2) is 11.5 Å². The van der Waals surface area contributed by atoms with Crippen LogP contribution >= 0.6 is 11.6 Å². The predicted octanol–water partition coefficient (Wildman–Crippen LogP) is 5.17. The summed E-state index contributed by atoms with van der Waals surface area (Å²) in [5.74, 6) is 2.44. The largest absolute Gasteiger partial charge is 0.493 e. The topological polar surface area (TPSA) is 39.7 Å². The van der Waals surface area contributed by atoms with E-state index in [9.17, 15) is 0 Å². The van der Waals surface area contributed by atoms with Crippen LogP contribution in [-0.2, 0) is 13.0 Å². The zero-order valence-electron chi connectivity index (χ0n) is 16.6. The van der Waals surface area contributed by atoms with Gasteiger partial charge < -0.3 is 19.5 Å². The van der Waals surface area contributed by atoms with Crippen molar-refractivity contribution >= 4 is 11.6 Å². The summed E-state index contributed by atoms with van der Waals surface area (Å²) in [6, 6.07) is 20.1. The molecule has 29 heavy (non-hydrogen) atoms. The van der Waals surface area contributed by atoms with Crippen molar-refractivity contribution in [2.45, 2.75) is 19.1 Å². The Balaban J connectivity index is 1.58. The predicted molar refractivity (Wildman–Crippen MR) is 115 cm³/mol. The molecule has 3 aromatic rings. The maximum absolute atomic E-state index is 6.02. The van der Waals surface area contributed by atoms with Crippen molar-refractivity contribution in [2.75, 3.05) is 20.8 Å². The molecule has 1 heterocycles. The summed E-state index contributed by atoms with van der Waals surface area (Å²) < 4.78 is 17.1. The minimum absolute atomic E-state index is 0.0811. The van der Waals surface area contributed by atoms with E-state index in [1.54, 1.807) is 14.2 Å². The van der Waals surface area contributed by atoms with Crippen LogP contribution in [0.25, 0.3) is 0 Å². The van der Waals surface area contributed by atoms with E-state index in [0.717, 1.165) is 46.4 Å². The van der Waals surface area contributed by atoms with Crippen LogP contribution in [0.3, 0.4) is 0 Å². The average Bonchev–Trinajstić information content (AvgIpc) is 2.77. The van der Waals surface area contributed by atoms with E-state index in [1.165, 1.54) is 11.1 Å². The molecular weight excluding hydrogens is 386 g/mol. The van der Waals surface area contributed by atoms with E-state index in [-0.39, 0.29) is 6.04 Å². The first-order valence-electron chi connectivity index (χ1n) is 9.64. The molecule has 1 aliphatic heterocycles. The first-order valence-corrected chi connectivity index (χ1v) is 10.0. The SMILES string of the molecule is COc1ccc2c(c1OC)CCNC2c1cccc(OCc2ccc(Cl)cc2)c1. The Hall–Kier alpha value is -2.69. The van der Waals surface area contributed by atoms with Crippen molar-refractivity contribution in [3.05, 3.63) is 87.9 Å². The molecule has 5 heteroatoms. The summed E-state index contributed by atoms with van der Waals surface area (Å²) in [4.78, 5) is 0. The van der Waals surface area contributed by atoms with Gasteiger partial charge in [0.2, 0.25) is 0 Å². The zero-order chi connectivity index (χ0) is 20.2. The van der Waals surface area contributed by atoms with Crippen LogP contribution in [0.1, 0.15) is 28.3 Å². The second-order valence-electron chi connectivity index (χ2n) is 6.99. The molecule has 0 aromatic heterocycles. The third-order valence-corrected chi connectivity index (χ3v) is 5.48. The number of benzene rings is 3. The summed E-state index contributed by atoms with van der Waals surface area (Å²) in [6.45, 7) is 1.37. The van der Waals surface area contributed by atoms with Crippen LogP contribution in [0, 0.1) is 0 Å². The maximum atomic E-state index is 6.02. The fourth-order valence-electron chi connectivity index (χ4n) is 3.81. The molecule has 1 atom stereocenters. The molecule has 150 valence electrons. The highest BCUT2D eigenvalue weighted by molar-refractivity contribution is 6.30. The molecule has 0 radical (unpaired) electrons. The number of ether oxygens (including phenoxy) is 3. The van der Waals surface area contributed by atoms with Gasteiger partial charge in [-0.15, -0.1) is 0 Å². The Morgan fingerprint density at radius 1 is 1.00 bits per heavy atom. The van der Waals surface area contributed by atoms with E-state index in [4.69, 9.17) is 25.8 Å². The number of rotatable bonds is 6. The second-order valence-corrected chi connectivity index (χ2v) is 7.43. The maximum Gasteiger partial charge on any atom is 0.164 e. The summed E-state index contributed by atoms with van der Waals surface area (Å²) in [7, 11) is 3.37. The van der Waals surface area contributed by atoms with Crippen molar-refractivity contribution in [3.63, 3.8) is 0 Å². The quantitative estimate of drug-likeness (QED) is 0.609. The van der Waals surface area contributed by atoms with Crippen LogP contribution in [0.5, 0.6) is 17.2 Å². The minimum atomic E-state index is 0.0811. The van der Waals surface area contributed by atoms with Crippen molar-refractivity contribution in [1.29, 1.82) is 0 Å². The minimum Gasteiger partial charge on any atom is -0.493 e. The first-order chi connectivity index (χ1) is 14.2. The van der Waals surface area contributed by atoms with Crippen LogP contribution in [0.15, 0.2) is 60.7 Å². The van der Waals surface area contributed by atoms with Gasteiger partial charge in [-0.2, -0.15) is 0 Å². The highest BCUT2D eigenvalue weighted by Crippen LogP contribution is 2.40. The summed E-state index contributed by atoms with van der Waals surface area (Å²) in [5.41, 5.74) is 4.65. The number of nitrogens with one attached hydrogen (secondary N) is 1. The lowest BCUT2D eigenvalue weighted by Crippen LogP contribution is -2.31. The lowest BCUT2D eigenvalue weighted by atomic mass is 9.89. The van der Waals surface area contributed by atoms with Gasteiger partial charge in [0.25, 0.3) is 0 Å². The monoisotopic (exact) mass is 409 g/mol. The molecule has 1 aliphatic rings. The molecule has 4 rings (SSSR count). The molecule has 0 fully saturated rings. The van der Waals surface area contributed by atoms with Crippen molar-refractivity contribution in [2.24, 2.45) is 0 Å². The second kappa shape index (κ2) is 8.76. The van der Waals surface area contributed by atoms with Crippen LogP contribution < -0.4 is 19.5 Å². The number of methoxy groups -OCH3 is 2. The lowest BCUT2D eigenvalue weighted by molar-refractivity contribution is 0.305. The van der Waals surface area contributed by atoms with E-state index >= 15 is 0 Å². The Kier molecular flexibility index (Phi) is 5.93. The molecule has 0 aliphatic carbocycles. The van der Waals surface area contributed by atoms with Gasteiger partial charge in [-0.3, -0.25) is 0 Å². The smallest absolute Gasteiger partial charge is 0.164 e. The highest BCUT2D eigenvalue weighted by Gasteiger charge is 2.26. The van der Waals surface area contributed by atoms with Gasteiger partial charge in [0, 0.05) is 17.1 Å². The molecule has 0 spiro atoms. The van der Waals surface area contributed by atoms with Crippen molar-refractivity contribution in [3.8, 4) is 17.2 Å². The Bertz CT molecular complexity index is 988.